The molecule has 2 amide bonds. The van der Waals surface area contributed by atoms with E-state index in [4.69, 9.17) is 11.6 Å². The minimum Gasteiger partial charge on any atom is -0.390 e. The molecule has 1 N–H and O–H groups in total. The molecule has 0 saturated carbocycles. The highest BCUT2D eigenvalue weighted by molar-refractivity contribution is 9.10. The summed E-state index contributed by atoms with van der Waals surface area (Å²) in [5.74, 6) is -0.0778. The minimum atomic E-state index is -0.595. The van der Waals surface area contributed by atoms with Crippen LogP contribution in [0.4, 0.5) is 0 Å². The van der Waals surface area contributed by atoms with Gasteiger partial charge < -0.3 is 14.9 Å². The number of carbonyl (C=O) groups excluding carboxylic acids is 2. The summed E-state index contributed by atoms with van der Waals surface area (Å²) in [6.45, 7) is 3.32. The molecule has 2 aliphatic heterocycles. The minimum absolute atomic E-state index is 0.00895. The Morgan fingerprint density at radius 3 is 1.97 bits per heavy atom. The zero-order valence-electron chi connectivity index (χ0n) is 16.4. The summed E-state index contributed by atoms with van der Waals surface area (Å²) in [6, 6.07) is 14.1. The summed E-state index contributed by atoms with van der Waals surface area (Å²) in [5, 5.41) is 11.2. The molecular formula is C22H23BrClN3O3. The number of benzene rings is 2. The van der Waals surface area contributed by atoms with Gasteiger partial charge in [-0.05, 0) is 48.5 Å². The van der Waals surface area contributed by atoms with Crippen LogP contribution in [0.2, 0.25) is 5.02 Å². The molecule has 0 radical (unpaired) electrons. The Morgan fingerprint density at radius 1 is 0.833 bits per heavy atom. The van der Waals surface area contributed by atoms with Crippen LogP contribution < -0.4 is 0 Å². The highest BCUT2D eigenvalue weighted by Gasteiger charge is 2.39. The van der Waals surface area contributed by atoms with Crippen molar-refractivity contribution in [3.8, 4) is 0 Å². The van der Waals surface area contributed by atoms with Crippen LogP contribution in [0.15, 0.2) is 53.0 Å². The number of rotatable bonds is 3. The summed E-state index contributed by atoms with van der Waals surface area (Å²) in [7, 11) is 0. The van der Waals surface area contributed by atoms with Crippen molar-refractivity contribution in [2.24, 2.45) is 0 Å². The number of nitrogens with zero attached hydrogens (tertiary/aromatic N) is 3. The van der Waals surface area contributed by atoms with Crippen LogP contribution in [-0.4, -0.2) is 83.0 Å². The number of piperazine rings is 1. The summed E-state index contributed by atoms with van der Waals surface area (Å²) in [5.41, 5.74) is 1.24. The van der Waals surface area contributed by atoms with E-state index in [9.17, 15) is 14.7 Å². The Kier molecular flexibility index (Phi) is 6.43. The van der Waals surface area contributed by atoms with Gasteiger partial charge in [0.05, 0.1) is 12.1 Å². The number of β-amino-alcohol motifs (C(OH)–C–C–N with tert-alkyl or cyclic N) is 1. The van der Waals surface area contributed by atoms with E-state index in [1.807, 2.05) is 17.0 Å². The van der Waals surface area contributed by atoms with Gasteiger partial charge in [0.1, 0.15) is 0 Å². The Morgan fingerprint density at radius 2 is 1.37 bits per heavy atom. The molecule has 0 bridgehead atoms. The molecule has 2 unspecified atom stereocenters. The Balaban J connectivity index is 1.34. The molecular weight excluding hydrogens is 470 g/mol. The highest BCUT2D eigenvalue weighted by Crippen LogP contribution is 2.22. The molecule has 0 aromatic heterocycles. The molecule has 2 aromatic rings. The monoisotopic (exact) mass is 491 g/mol. The van der Waals surface area contributed by atoms with E-state index in [0.717, 1.165) is 4.47 Å². The maximum absolute atomic E-state index is 12.8. The van der Waals surface area contributed by atoms with Gasteiger partial charge in [0.15, 0.2) is 0 Å². The third-order valence-corrected chi connectivity index (χ3v) is 6.58. The Hall–Kier alpha value is -1.93. The number of hydrogen-bond acceptors (Lipinski definition) is 4. The number of hydrogen-bond donors (Lipinski definition) is 1. The topological polar surface area (TPSA) is 64.1 Å². The molecule has 6 nitrogen and oxygen atoms in total. The van der Waals surface area contributed by atoms with Crippen molar-refractivity contribution in [3.63, 3.8) is 0 Å². The summed E-state index contributed by atoms with van der Waals surface area (Å²) in [4.78, 5) is 31.2. The lowest BCUT2D eigenvalue weighted by atomic mass is 10.1. The van der Waals surface area contributed by atoms with Crippen molar-refractivity contribution >= 4 is 39.3 Å². The number of aliphatic hydroxyl groups excluding tert-OH is 1. The average molecular weight is 493 g/mol. The second-order valence-corrected chi connectivity index (χ2v) is 9.04. The molecule has 0 aliphatic carbocycles. The molecule has 30 heavy (non-hydrogen) atoms. The molecule has 2 heterocycles. The van der Waals surface area contributed by atoms with E-state index in [2.05, 4.69) is 20.8 Å². The van der Waals surface area contributed by atoms with Gasteiger partial charge in [0.2, 0.25) is 0 Å². The maximum Gasteiger partial charge on any atom is 0.253 e. The van der Waals surface area contributed by atoms with Crippen molar-refractivity contribution in [2.75, 3.05) is 39.3 Å². The zero-order valence-corrected chi connectivity index (χ0v) is 18.7. The third kappa shape index (κ3) is 4.54. The van der Waals surface area contributed by atoms with Crippen LogP contribution in [0.25, 0.3) is 0 Å². The normalized spacial score (nSPS) is 22.4. The standard InChI is InChI=1S/C22H23BrClN3O3/c23-17-5-1-15(2-6-17)22(30)27-13-19(20(28)14-27)25-9-11-26(12-10-25)21(29)16-3-7-18(24)8-4-16/h1-8,19-20,28H,9-14H2. The predicted octanol–water partition coefficient (Wildman–Crippen LogP) is 2.75. The fourth-order valence-corrected chi connectivity index (χ4v) is 4.49. The predicted molar refractivity (Wildman–Crippen MR) is 119 cm³/mol. The van der Waals surface area contributed by atoms with E-state index in [1.165, 1.54) is 0 Å². The van der Waals surface area contributed by atoms with Crippen molar-refractivity contribution < 1.29 is 14.7 Å². The van der Waals surface area contributed by atoms with Crippen LogP contribution in [0.3, 0.4) is 0 Å². The van der Waals surface area contributed by atoms with Gasteiger partial charge in [-0.15, -0.1) is 0 Å². The van der Waals surface area contributed by atoms with Crippen molar-refractivity contribution in [3.05, 3.63) is 69.2 Å². The van der Waals surface area contributed by atoms with Crippen molar-refractivity contribution in [1.29, 1.82) is 0 Å². The smallest absolute Gasteiger partial charge is 0.253 e. The molecule has 2 aliphatic rings. The van der Waals surface area contributed by atoms with E-state index < -0.39 is 6.10 Å². The second kappa shape index (κ2) is 9.06. The zero-order chi connectivity index (χ0) is 21.3. The number of carbonyl (C=O) groups is 2. The highest BCUT2D eigenvalue weighted by atomic mass is 79.9. The quantitative estimate of drug-likeness (QED) is 0.716. The average Bonchev–Trinajstić information content (AvgIpc) is 3.15. The van der Waals surface area contributed by atoms with Crippen LogP contribution in [-0.2, 0) is 0 Å². The fourth-order valence-electron chi connectivity index (χ4n) is 4.10. The largest absolute Gasteiger partial charge is 0.390 e. The van der Waals surface area contributed by atoms with Crippen LogP contribution in [0.1, 0.15) is 20.7 Å². The van der Waals surface area contributed by atoms with Crippen molar-refractivity contribution in [2.45, 2.75) is 12.1 Å². The van der Waals surface area contributed by atoms with Gasteiger partial charge in [-0.25, -0.2) is 0 Å². The van der Waals surface area contributed by atoms with E-state index >= 15 is 0 Å². The first-order valence-corrected chi connectivity index (χ1v) is 11.1. The van der Waals surface area contributed by atoms with Gasteiger partial charge in [-0.1, -0.05) is 27.5 Å². The number of amides is 2. The number of likely N-dealkylation sites (tertiary alicyclic amines) is 1. The van der Waals surface area contributed by atoms with Gasteiger partial charge >= 0.3 is 0 Å². The molecule has 2 aromatic carbocycles. The lowest BCUT2D eigenvalue weighted by molar-refractivity contribution is 0.0376. The van der Waals surface area contributed by atoms with Crippen LogP contribution in [0.5, 0.6) is 0 Å². The Labute approximate surface area is 189 Å². The molecule has 2 atom stereocenters. The van der Waals surface area contributed by atoms with Crippen molar-refractivity contribution in [1.82, 2.24) is 14.7 Å². The molecule has 8 heteroatoms. The lowest BCUT2D eigenvalue weighted by Gasteiger charge is -2.38. The van der Waals surface area contributed by atoms with Gasteiger partial charge in [-0.2, -0.15) is 0 Å². The molecule has 158 valence electrons. The van der Waals surface area contributed by atoms with Crippen LogP contribution >= 0.6 is 27.5 Å². The molecule has 2 fully saturated rings. The summed E-state index contributed by atoms with van der Waals surface area (Å²) >= 11 is 9.28. The first-order chi connectivity index (χ1) is 14.4. The van der Waals surface area contributed by atoms with E-state index in [-0.39, 0.29) is 17.9 Å². The maximum atomic E-state index is 12.8. The fraction of sp³-hybridized carbons (Fsp3) is 0.364. The third-order valence-electron chi connectivity index (χ3n) is 5.80. The van der Waals surface area contributed by atoms with Crippen LogP contribution in [0, 0.1) is 0 Å². The van der Waals surface area contributed by atoms with Gasteiger partial charge in [-0.3, -0.25) is 14.5 Å². The SMILES string of the molecule is O=C(c1ccc(Cl)cc1)N1CCN(C2CN(C(=O)c3ccc(Br)cc3)CC2O)CC1. The second-order valence-electron chi connectivity index (χ2n) is 7.69. The summed E-state index contributed by atoms with van der Waals surface area (Å²) in [6.07, 6.45) is -0.595. The van der Waals surface area contributed by atoms with E-state index in [1.54, 1.807) is 41.3 Å². The Bertz CT molecular complexity index is 914. The number of aliphatic hydroxyl groups is 1. The first-order valence-electron chi connectivity index (χ1n) is 9.94. The molecule has 4 rings (SSSR count). The van der Waals surface area contributed by atoms with Gasteiger partial charge in [0.25, 0.3) is 11.8 Å². The number of halogens is 2. The molecule has 0 spiro atoms. The summed E-state index contributed by atoms with van der Waals surface area (Å²) < 4.78 is 0.921. The van der Waals surface area contributed by atoms with E-state index in [0.29, 0.717) is 55.4 Å². The lowest BCUT2D eigenvalue weighted by Crippen LogP contribution is -2.54. The van der Waals surface area contributed by atoms with Gasteiger partial charge in [0, 0.05) is 59.9 Å². The molecule has 2 saturated heterocycles. The first kappa shape index (κ1) is 21.3.